The van der Waals surface area contributed by atoms with Crippen LogP contribution in [-0.2, 0) is 21.5 Å². The van der Waals surface area contributed by atoms with E-state index in [1.807, 2.05) is 12.1 Å². The summed E-state index contributed by atoms with van der Waals surface area (Å²) in [6, 6.07) is 14.2. The van der Waals surface area contributed by atoms with Crippen molar-refractivity contribution < 1.29 is 19.1 Å². The molecule has 0 bridgehead atoms. The number of hydrogen-bond donors (Lipinski definition) is 0. The van der Waals surface area contributed by atoms with Crippen LogP contribution in [0.2, 0.25) is 0 Å². The highest BCUT2D eigenvalue weighted by Gasteiger charge is 2.15. The first-order valence-corrected chi connectivity index (χ1v) is 7.76. The second-order valence-electron chi connectivity index (χ2n) is 6.59. The summed E-state index contributed by atoms with van der Waals surface area (Å²) in [5.74, 6) is -0.759. The van der Waals surface area contributed by atoms with Gasteiger partial charge in [0.1, 0.15) is 6.61 Å². The van der Waals surface area contributed by atoms with Crippen molar-refractivity contribution in [1.29, 1.82) is 0 Å². The fourth-order valence-corrected chi connectivity index (χ4v) is 2.19. The molecule has 0 aliphatic carbocycles. The molecule has 24 heavy (non-hydrogen) atoms. The van der Waals surface area contributed by atoms with Crippen LogP contribution >= 0.6 is 0 Å². The summed E-state index contributed by atoms with van der Waals surface area (Å²) in [7, 11) is 1.34. The van der Waals surface area contributed by atoms with E-state index >= 15 is 0 Å². The highest BCUT2D eigenvalue weighted by molar-refractivity contribution is 5.90. The summed E-state index contributed by atoms with van der Waals surface area (Å²) in [5, 5.41) is 0. The molecular formula is C20H22O4. The van der Waals surface area contributed by atoms with Gasteiger partial charge in [0.05, 0.1) is 18.2 Å². The number of benzene rings is 2. The number of methoxy groups -OCH3 is 1. The van der Waals surface area contributed by atoms with Crippen LogP contribution in [0.1, 0.15) is 52.6 Å². The van der Waals surface area contributed by atoms with Gasteiger partial charge in [-0.2, -0.15) is 0 Å². The highest BCUT2D eigenvalue weighted by Crippen LogP contribution is 2.22. The van der Waals surface area contributed by atoms with Gasteiger partial charge < -0.3 is 9.47 Å². The first-order chi connectivity index (χ1) is 11.3. The van der Waals surface area contributed by atoms with Crippen LogP contribution in [0.4, 0.5) is 0 Å². The molecule has 0 unspecified atom stereocenters. The quantitative estimate of drug-likeness (QED) is 0.793. The smallest absolute Gasteiger partial charge is 0.338 e. The molecule has 126 valence electrons. The third-order valence-electron chi connectivity index (χ3n) is 3.73. The molecule has 2 aromatic carbocycles. The number of carbonyl (C=O) groups is 2. The van der Waals surface area contributed by atoms with E-state index in [0.29, 0.717) is 11.1 Å². The van der Waals surface area contributed by atoms with Crippen molar-refractivity contribution in [2.75, 3.05) is 7.11 Å². The van der Waals surface area contributed by atoms with Crippen LogP contribution < -0.4 is 0 Å². The van der Waals surface area contributed by atoms with Crippen molar-refractivity contribution in [2.24, 2.45) is 0 Å². The topological polar surface area (TPSA) is 52.6 Å². The third-order valence-corrected chi connectivity index (χ3v) is 3.73. The van der Waals surface area contributed by atoms with Crippen LogP contribution in [0, 0.1) is 0 Å². The molecule has 0 radical (unpaired) electrons. The molecule has 0 N–H and O–H groups in total. The minimum Gasteiger partial charge on any atom is -0.465 e. The second-order valence-corrected chi connectivity index (χ2v) is 6.59. The summed E-state index contributed by atoms with van der Waals surface area (Å²) in [6.45, 7) is 6.52. The van der Waals surface area contributed by atoms with Crippen molar-refractivity contribution in [1.82, 2.24) is 0 Å². The van der Waals surface area contributed by atoms with Gasteiger partial charge in [-0.3, -0.25) is 0 Å². The fraction of sp³-hybridized carbons (Fsp3) is 0.300. The van der Waals surface area contributed by atoms with Gasteiger partial charge in [-0.1, -0.05) is 45.0 Å². The van der Waals surface area contributed by atoms with Gasteiger partial charge in [0.15, 0.2) is 0 Å². The molecule has 0 aliphatic rings. The van der Waals surface area contributed by atoms with Crippen molar-refractivity contribution in [3.05, 3.63) is 70.8 Å². The Kier molecular flexibility index (Phi) is 5.39. The van der Waals surface area contributed by atoms with Gasteiger partial charge in [-0.05, 0) is 40.8 Å². The zero-order chi connectivity index (χ0) is 17.7. The van der Waals surface area contributed by atoms with Crippen LogP contribution in [0.3, 0.4) is 0 Å². The van der Waals surface area contributed by atoms with E-state index in [0.717, 1.165) is 11.1 Å². The van der Waals surface area contributed by atoms with E-state index in [-0.39, 0.29) is 18.0 Å². The van der Waals surface area contributed by atoms with Crippen molar-refractivity contribution in [3.63, 3.8) is 0 Å². The molecule has 0 spiro atoms. The van der Waals surface area contributed by atoms with E-state index in [1.165, 1.54) is 7.11 Å². The van der Waals surface area contributed by atoms with Crippen molar-refractivity contribution in [2.45, 2.75) is 32.8 Å². The largest absolute Gasteiger partial charge is 0.465 e. The number of hydrogen-bond acceptors (Lipinski definition) is 4. The number of carbonyl (C=O) groups excluding carboxylic acids is 2. The molecule has 0 heterocycles. The normalized spacial score (nSPS) is 11.0. The second kappa shape index (κ2) is 7.30. The predicted octanol–water partition coefficient (Wildman–Crippen LogP) is 4.13. The number of esters is 2. The van der Waals surface area contributed by atoms with Crippen molar-refractivity contribution >= 4 is 11.9 Å². The van der Waals surface area contributed by atoms with Gasteiger partial charge in [-0.25, -0.2) is 9.59 Å². The molecule has 0 fully saturated rings. The Hall–Kier alpha value is -2.62. The summed E-state index contributed by atoms with van der Waals surface area (Å²) in [4.78, 5) is 23.5. The number of rotatable bonds is 4. The molecule has 4 nitrogen and oxygen atoms in total. The summed E-state index contributed by atoms with van der Waals surface area (Å²) >= 11 is 0. The first kappa shape index (κ1) is 17.7. The van der Waals surface area contributed by atoms with Crippen LogP contribution in [0.25, 0.3) is 0 Å². The number of ether oxygens (including phenoxy) is 2. The lowest BCUT2D eigenvalue weighted by atomic mass is 9.87. The van der Waals surface area contributed by atoms with Gasteiger partial charge in [0, 0.05) is 0 Å². The molecule has 2 rings (SSSR count). The molecule has 2 aromatic rings. The Morgan fingerprint density at radius 2 is 1.33 bits per heavy atom. The predicted molar refractivity (Wildman–Crippen MR) is 92.0 cm³/mol. The fourth-order valence-electron chi connectivity index (χ4n) is 2.19. The minimum atomic E-state index is -0.391. The third kappa shape index (κ3) is 4.44. The zero-order valence-electron chi connectivity index (χ0n) is 14.5. The summed E-state index contributed by atoms with van der Waals surface area (Å²) < 4.78 is 9.95. The molecular weight excluding hydrogens is 304 g/mol. The molecule has 0 aromatic heterocycles. The maximum atomic E-state index is 12.1. The van der Waals surface area contributed by atoms with E-state index in [9.17, 15) is 9.59 Å². The average Bonchev–Trinajstić information content (AvgIpc) is 2.58. The molecule has 4 heteroatoms. The van der Waals surface area contributed by atoms with Gasteiger partial charge in [0.2, 0.25) is 0 Å². The molecule has 0 saturated carbocycles. The maximum Gasteiger partial charge on any atom is 0.338 e. The van der Waals surface area contributed by atoms with Crippen LogP contribution in [0.5, 0.6) is 0 Å². The van der Waals surface area contributed by atoms with Crippen molar-refractivity contribution in [3.8, 4) is 0 Å². The minimum absolute atomic E-state index is 0.0455. The Labute approximate surface area is 142 Å². The zero-order valence-corrected chi connectivity index (χ0v) is 14.5. The standard InChI is InChI=1S/C20H22O4/c1-20(2,3)17-11-9-16(10-12-17)19(22)24-13-14-5-7-15(8-6-14)18(21)23-4/h5-12H,13H2,1-4H3. The molecule has 0 amide bonds. The summed E-state index contributed by atoms with van der Waals surface area (Å²) in [6.07, 6.45) is 0. The highest BCUT2D eigenvalue weighted by atomic mass is 16.5. The van der Waals surface area contributed by atoms with Crippen LogP contribution in [-0.4, -0.2) is 19.0 Å². The lowest BCUT2D eigenvalue weighted by Crippen LogP contribution is -2.12. The summed E-state index contributed by atoms with van der Waals surface area (Å²) in [5.41, 5.74) is 3.00. The Morgan fingerprint density at radius 3 is 1.83 bits per heavy atom. The maximum absolute atomic E-state index is 12.1. The molecule has 0 atom stereocenters. The SMILES string of the molecule is COC(=O)c1ccc(COC(=O)c2ccc(C(C)(C)C)cc2)cc1. The molecule has 0 saturated heterocycles. The Bertz CT molecular complexity index is 707. The van der Waals surface area contributed by atoms with Gasteiger partial charge in [0.25, 0.3) is 0 Å². The van der Waals surface area contributed by atoms with Gasteiger partial charge in [-0.15, -0.1) is 0 Å². The van der Waals surface area contributed by atoms with Crippen LogP contribution in [0.15, 0.2) is 48.5 Å². The lowest BCUT2D eigenvalue weighted by molar-refractivity contribution is 0.0471. The van der Waals surface area contributed by atoms with Gasteiger partial charge >= 0.3 is 11.9 Å². The Balaban J connectivity index is 1.96. The van der Waals surface area contributed by atoms with E-state index in [4.69, 9.17) is 4.74 Å². The average molecular weight is 326 g/mol. The first-order valence-electron chi connectivity index (χ1n) is 7.76. The Morgan fingerprint density at radius 1 is 0.833 bits per heavy atom. The molecule has 0 aliphatic heterocycles. The lowest BCUT2D eigenvalue weighted by Gasteiger charge is -2.18. The van der Waals surface area contributed by atoms with E-state index in [1.54, 1.807) is 36.4 Å². The van der Waals surface area contributed by atoms with E-state index < -0.39 is 5.97 Å². The monoisotopic (exact) mass is 326 g/mol. The van der Waals surface area contributed by atoms with E-state index in [2.05, 4.69) is 25.5 Å².